The lowest BCUT2D eigenvalue weighted by atomic mass is 10.1. The Labute approximate surface area is 133 Å². The predicted octanol–water partition coefficient (Wildman–Crippen LogP) is 1.67. The first-order valence-electron chi connectivity index (χ1n) is 7.33. The van der Waals surface area contributed by atoms with Gasteiger partial charge in [-0.1, -0.05) is 24.3 Å². The van der Waals surface area contributed by atoms with E-state index in [4.69, 9.17) is 10.5 Å². The van der Waals surface area contributed by atoms with E-state index >= 15 is 0 Å². The second kappa shape index (κ2) is 7.00. The molecule has 22 heavy (non-hydrogen) atoms. The van der Waals surface area contributed by atoms with Crippen LogP contribution in [0.25, 0.3) is 10.6 Å². The maximum atomic E-state index is 10.9. The average molecular weight is 317 g/mol. The minimum Gasteiger partial charge on any atom is -0.379 e. The Balaban J connectivity index is 1.65. The Kier molecular flexibility index (Phi) is 4.82. The van der Waals surface area contributed by atoms with Crippen LogP contribution in [0.4, 0.5) is 0 Å². The number of primary amides is 1. The highest BCUT2D eigenvalue weighted by molar-refractivity contribution is 7.13. The van der Waals surface area contributed by atoms with E-state index in [1.807, 2.05) is 5.38 Å². The molecular weight excluding hydrogens is 298 g/mol. The summed E-state index contributed by atoms with van der Waals surface area (Å²) in [5.74, 6) is -0.349. The SMILES string of the molecule is NC(=O)Cc1csc(-c2ccc(CN3CCOCC3)cc2)n1. The van der Waals surface area contributed by atoms with Crippen LogP contribution < -0.4 is 5.73 Å². The summed E-state index contributed by atoms with van der Waals surface area (Å²) in [5, 5.41) is 2.82. The third kappa shape index (κ3) is 3.91. The van der Waals surface area contributed by atoms with Gasteiger partial charge >= 0.3 is 0 Å². The quantitative estimate of drug-likeness (QED) is 0.911. The van der Waals surface area contributed by atoms with Crippen LogP contribution in [0, 0.1) is 0 Å². The highest BCUT2D eigenvalue weighted by atomic mass is 32.1. The summed E-state index contributed by atoms with van der Waals surface area (Å²) >= 11 is 1.54. The molecular formula is C16H19N3O2S. The molecule has 1 aromatic heterocycles. The van der Waals surface area contributed by atoms with Gasteiger partial charge in [0.1, 0.15) is 5.01 Å². The largest absolute Gasteiger partial charge is 0.379 e. The molecule has 6 heteroatoms. The second-order valence-corrected chi connectivity index (χ2v) is 6.23. The Bertz CT molecular complexity index is 633. The van der Waals surface area contributed by atoms with Gasteiger partial charge in [0.2, 0.25) is 5.91 Å². The fraction of sp³-hybridized carbons (Fsp3) is 0.375. The number of ether oxygens (including phenoxy) is 1. The first-order valence-corrected chi connectivity index (χ1v) is 8.21. The molecule has 1 amide bonds. The number of carbonyl (C=O) groups excluding carboxylic acids is 1. The number of nitrogens with zero attached hydrogens (tertiary/aromatic N) is 2. The minimum absolute atomic E-state index is 0.200. The van der Waals surface area contributed by atoms with Crippen LogP contribution >= 0.6 is 11.3 Å². The van der Waals surface area contributed by atoms with Gasteiger partial charge in [-0.25, -0.2) is 4.98 Å². The smallest absolute Gasteiger partial charge is 0.223 e. The lowest BCUT2D eigenvalue weighted by molar-refractivity contribution is -0.117. The number of carbonyl (C=O) groups is 1. The topological polar surface area (TPSA) is 68.5 Å². The van der Waals surface area contributed by atoms with Crippen LogP contribution in [-0.2, 0) is 22.5 Å². The standard InChI is InChI=1S/C16H19N3O2S/c17-15(20)9-14-11-22-16(18-14)13-3-1-12(2-4-13)10-19-5-7-21-8-6-19/h1-4,11H,5-10H2,(H2,17,20). The zero-order valence-electron chi connectivity index (χ0n) is 12.3. The molecule has 2 N–H and O–H groups in total. The van der Waals surface area contributed by atoms with E-state index in [1.54, 1.807) is 11.3 Å². The zero-order chi connectivity index (χ0) is 15.4. The molecule has 1 aliphatic heterocycles. The van der Waals surface area contributed by atoms with Crippen molar-refractivity contribution in [2.24, 2.45) is 5.73 Å². The lowest BCUT2D eigenvalue weighted by Crippen LogP contribution is -2.35. The molecule has 116 valence electrons. The maximum Gasteiger partial charge on any atom is 0.223 e. The van der Waals surface area contributed by atoms with Gasteiger partial charge in [0, 0.05) is 30.6 Å². The van der Waals surface area contributed by atoms with Crippen molar-refractivity contribution >= 4 is 17.2 Å². The van der Waals surface area contributed by atoms with Crippen molar-refractivity contribution < 1.29 is 9.53 Å². The zero-order valence-corrected chi connectivity index (χ0v) is 13.1. The molecule has 0 aliphatic carbocycles. The fourth-order valence-electron chi connectivity index (χ4n) is 2.47. The van der Waals surface area contributed by atoms with E-state index in [2.05, 4.69) is 34.1 Å². The number of morpholine rings is 1. The Morgan fingerprint density at radius 2 is 2.00 bits per heavy atom. The molecule has 2 aromatic rings. The second-order valence-electron chi connectivity index (χ2n) is 5.37. The van der Waals surface area contributed by atoms with E-state index in [0.717, 1.165) is 49.1 Å². The van der Waals surface area contributed by atoms with Gasteiger partial charge in [-0.2, -0.15) is 0 Å². The number of amides is 1. The molecule has 0 unspecified atom stereocenters. The molecule has 0 radical (unpaired) electrons. The summed E-state index contributed by atoms with van der Waals surface area (Å²) in [6, 6.07) is 8.45. The molecule has 1 aliphatic rings. The van der Waals surface area contributed by atoms with Gasteiger partial charge in [0.05, 0.1) is 25.3 Å². The predicted molar refractivity (Wildman–Crippen MR) is 86.5 cm³/mol. The normalized spacial score (nSPS) is 15.8. The van der Waals surface area contributed by atoms with Gasteiger partial charge in [-0.15, -0.1) is 11.3 Å². The Morgan fingerprint density at radius 3 is 2.68 bits per heavy atom. The van der Waals surface area contributed by atoms with Gasteiger partial charge in [0.15, 0.2) is 0 Å². The summed E-state index contributed by atoms with van der Waals surface area (Å²) in [5.41, 5.74) is 8.30. The average Bonchev–Trinajstić information content (AvgIpc) is 2.97. The first kappa shape index (κ1) is 15.1. The molecule has 0 spiro atoms. The Hall–Kier alpha value is -1.76. The summed E-state index contributed by atoms with van der Waals surface area (Å²) < 4.78 is 5.36. The highest BCUT2D eigenvalue weighted by Crippen LogP contribution is 2.24. The third-order valence-electron chi connectivity index (χ3n) is 3.62. The van der Waals surface area contributed by atoms with Crippen LogP contribution in [0.1, 0.15) is 11.3 Å². The number of hydrogen-bond donors (Lipinski definition) is 1. The van der Waals surface area contributed by atoms with E-state index < -0.39 is 0 Å². The molecule has 1 saturated heterocycles. The van der Waals surface area contributed by atoms with Crippen molar-refractivity contribution in [2.45, 2.75) is 13.0 Å². The van der Waals surface area contributed by atoms with Gasteiger partial charge < -0.3 is 10.5 Å². The molecule has 0 atom stereocenters. The van der Waals surface area contributed by atoms with Crippen molar-refractivity contribution in [3.05, 3.63) is 40.9 Å². The monoisotopic (exact) mass is 317 g/mol. The number of nitrogens with two attached hydrogens (primary N) is 1. The minimum atomic E-state index is -0.349. The highest BCUT2D eigenvalue weighted by Gasteiger charge is 2.11. The lowest BCUT2D eigenvalue weighted by Gasteiger charge is -2.26. The number of benzene rings is 1. The van der Waals surface area contributed by atoms with Crippen molar-refractivity contribution in [2.75, 3.05) is 26.3 Å². The maximum absolute atomic E-state index is 10.9. The molecule has 0 bridgehead atoms. The van der Waals surface area contributed by atoms with Crippen LogP contribution in [0.2, 0.25) is 0 Å². The van der Waals surface area contributed by atoms with Gasteiger partial charge in [0.25, 0.3) is 0 Å². The van der Waals surface area contributed by atoms with Crippen LogP contribution in [-0.4, -0.2) is 42.1 Å². The molecule has 5 nitrogen and oxygen atoms in total. The molecule has 2 heterocycles. The fourth-order valence-corrected chi connectivity index (χ4v) is 3.30. The van der Waals surface area contributed by atoms with Crippen molar-refractivity contribution in [1.29, 1.82) is 0 Å². The van der Waals surface area contributed by atoms with Crippen LogP contribution in [0.15, 0.2) is 29.6 Å². The molecule has 0 saturated carbocycles. The van der Waals surface area contributed by atoms with Crippen molar-refractivity contribution in [3.63, 3.8) is 0 Å². The summed E-state index contributed by atoms with van der Waals surface area (Å²) in [6.07, 6.45) is 0.200. The summed E-state index contributed by atoms with van der Waals surface area (Å²) in [4.78, 5) is 17.8. The van der Waals surface area contributed by atoms with E-state index in [0.29, 0.717) is 0 Å². The summed E-state index contributed by atoms with van der Waals surface area (Å²) in [7, 11) is 0. The molecule has 3 rings (SSSR count). The van der Waals surface area contributed by atoms with Gasteiger partial charge in [-0.05, 0) is 5.56 Å². The van der Waals surface area contributed by atoms with E-state index in [1.165, 1.54) is 5.56 Å². The van der Waals surface area contributed by atoms with E-state index in [9.17, 15) is 4.79 Å². The number of hydrogen-bond acceptors (Lipinski definition) is 5. The van der Waals surface area contributed by atoms with Gasteiger partial charge in [-0.3, -0.25) is 9.69 Å². The van der Waals surface area contributed by atoms with Crippen molar-refractivity contribution in [1.82, 2.24) is 9.88 Å². The number of rotatable bonds is 5. The first-order chi connectivity index (χ1) is 10.7. The van der Waals surface area contributed by atoms with Crippen LogP contribution in [0.3, 0.4) is 0 Å². The van der Waals surface area contributed by atoms with Crippen molar-refractivity contribution in [3.8, 4) is 10.6 Å². The van der Waals surface area contributed by atoms with Crippen LogP contribution in [0.5, 0.6) is 0 Å². The third-order valence-corrected chi connectivity index (χ3v) is 4.56. The summed E-state index contributed by atoms with van der Waals surface area (Å²) in [6.45, 7) is 4.57. The van der Waals surface area contributed by atoms with E-state index in [-0.39, 0.29) is 12.3 Å². The number of thiazole rings is 1. The number of aromatic nitrogens is 1. The molecule has 1 aromatic carbocycles. The Morgan fingerprint density at radius 1 is 1.27 bits per heavy atom. The molecule has 1 fully saturated rings.